The van der Waals surface area contributed by atoms with Crippen molar-refractivity contribution in [2.75, 3.05) is 26.6 Å². The van der Waals surface area contributed by atoms with Crippen LogP contribution in [0.15, 0.2) is 30.3 Å². The number of hydrogen-bond acceptors (Lipinski definition) is 7. The predicted octanol–water partition coefficient (Wildman–Crippen LogP) is 4.69. The fraction of sp³-hybridized carbons (Fsp3) is 0.704. The van der Waals surface area contributed by atoms with Crippen LogP contribution in [-0.2, 0) is 35.1 Å². The third-order valence-corrected chi connectivity index (χ3v) is 6.32. The van der Waals surface area contributed by atoms with E-state index >= 15 is 0 Å². The number of hydrogen-bond donors (Lipinski definition) is 0. The number of nitrogens with zero attached hydrogens (tertiary/aromatic N) is 1. The van der Waals surface area contributed by atoms with Crippen LogP contribution in [0.3, 0.4) is 0 Å². The third kappa shape index (κ3) is 9.09. The molecular formula is C27H41NO7. The van der Waals surface area contributed by atoms with Gasteiger partial charge in [0.1, 0.15) is 12.4 Å². The number of rotatable bonds is 10. The Morgan fingerprint density at radius 3 is 2.37 bits per heavy atom. The Labute approximate surface area is 209 Å². The number of carbonyl (C=O) groups is 2. The molecule has 2 aliphatic rings. The molecule has 2 atom stereocenters. The lowest BCUT2D eigenvalue weighted by molar-refractivity contribution is -0.150. The van der Waals surface area contributed by atoms with E-state index in [1.54, 1.807) is 4.90 Å². The van der Waals surface area contributed by atoms with Crippen LogP contribution < -0.4 is 0 Å². The van der Waals surface area contributed by atoms with Crippen LogP contribution in [0, 0.1) is 5.92 Å². The molecular weight excluding hydrogens is 450 g/mol. The molecule has 1 saturated carbocycles. The van der Waals surface area contributed by atoms with Crippen LogP contribution >= 0.6 is 0 Å². The molecule has 1 aliphatic carbocycles. The lowest BCUT2D eigenvalue weighted by Crippen LogP contribution is -2.42. The lowest BCUT2D eigenvalue weighted by Gasteiger charge is -2.31. The highest BCUT2D eigenvalue weighted by atomic mass is 16.7. The summed E-state index contributed by atoms with van der Waals surface area (Å²) in [5.74, 6) is -0.138. The van der Waals surface area contributed by atoms with E-state index in [0.717, 1.165) is 31.2 Å². The summed E-state index contributed by atoms with van der Waals surface area (Å²) in [5, 5.41) is 0. The summed E-state index contributed by atoms with van der Waals surface area (Å²) in [6.07, 6.45) is 3.41. The van der Waals surface area contributed by atoms with Crippen LogP contribution in [0.4, 0.5) is 4.79 Å². The van der Waals surface area contributed by atoms with Crippen LogP contribution in [0.2, 0.25) is 0 Å². The number of benzene rings is 1. The standard InChI is InChI=1S/C27H41NO7/c1-5-32-25(29)21-11-13-23(14-12-21)33-18-22-15-24(16-28(22)26(30)35-27(2,3)4)34-19-31-17-20-9-7-6-8-10-20/h6-10,21-24H,5,11-19H2,1-4H3/t21-,22-,23-,24+/m0/s1. The Kier molecular flexibility index (Phi) is 10.4. The van der Waals surface area contributed by atoms with Crippen molar-refractivity contribution in [1.82, 2.24) is 4.90 Å². The molecule has 1 aromatic carbocycles. The summed E-state index contributed by atoms with van der Waals surface area (Å²) in [7, 11) is 0. The molecule has 1 saturated heterocycles. The summed E-state index contributed by atoms with van der Waals surface area (Å²) in [6.45, 7) is 9.32. The summed E-state index contributed by atoms with van der Waals surface area (Å²) < 4.78 is 28.6. The molecule has 0 radical (unpaired) electrons. The molecule has 3 rings (SSSR count). The van der Waals surface area contributed by atoms with E-state index in [4.69, 9.17) is 23.7 Å². The smallest absolute Gasteiger partial charge is 0.410 e. The molecule has 0 unspecified atom stereocenters. The second-order valence-electron chi connectivity index (χ2n) is 10.3. The molecule has 0 aromatic heterocycles. The third-order valence-electron chi connectivity index (χ3n) is 6.32. The fourth-order valence-corrected chi connectivity index (χ4v) is 4.55. The van der Waals surface area contributed by atoms with Gasteiger partial charge in [-0.3, -0.25) is 4.79 Å². The minimum atomic E-state index is -0.578. The number of likely N-dealkylation sites (tertiary alicyclic amines) is 1. The van der Waals surface area contributed by atoms with Crippen LogP contribution in [0.25, 0.3) is 0 Å². The molecule has 1 heterocycles. The van der Waals surface area contributed by atoms with Crippen molar-refractivity contribution in [3.63, 3.8) is 0 Å². The van der Waals surface area contributed by atoms with E-state index in [1.165, 1.54) is 0 Å². The van der Waals surface area contributed by atoms with Crippen molar-refractivity contribution in [2.24, 2.45) is 5.92 Å². The first-order valence-corrected chi connectivity index (χ1v) is 12.8. The van der Waals surface area contributed by atoms with Crippen molar-refractivity contribution < 1.29 is 33.3 Å². The van der Waals surface area contributed by atoms with Crippen LogP contribution in [0.1, 0.15) is 65.4 Å². The van der Waals surface area contributed by atoms with E-state index in [9.17, 15) is 9.59 Å². The van der Waals surface area contributed by atoms with Gasteiger partial charge in [-0.1, -0.05) is 30.3 Å². The lowest BCUT2D eigenvalue weighted by atomic mass is 9.87. The first-order chi connectivity index (χ1) is 16.7. The van der Waals surface area contributed by atoms with Crippen molar-refractivity contribution >= 4 is 12.1 Å². The van der Waals surface area contributed by atoms with Gasteiger partial charge in [0.05, 0.1) is 50.5 Å². The summed E-state index contributed by atoms with van der Waals surface area (Å²) in [5.41, 5.74) is 0.507. The van der Waals surface area contributed by atoms with Crippen LogP contribution in [0.5, 0.6) is 0 Å². The second kappa shape index (κ2) is 13.2. The maximum absolute atomic E-state index is 12.9. The highest BCUT2D eigenvalue weighted by molar-refractivity contribution is 5.72. The molecule has 0 bridgehead atoms. The Hall–Kier alpha value is -2.16. The molecule has 0 spiro atoms. The topological polar surface area (TPSA) is 83.5 Å². The van der Waals surface area contributed by atoms with Gasteiger partial charge in [-0.25, -0.2) is 4.79 Å². The monoisotopic (exact) mass is 491 g/mol. The molecule has 8 nitrogen and oxygen atoms in total. The molecule has 1 aromatic rings. The van der Waals surface area contributed by atoms with Gasteiger partial charge in [-0.2, -0.15) is 0 Å². The van der Waals surface area contributed by atoms with E-state index in [1.807, 2.05) is 58.0 Å². The highest BCUT2D eigenvalue weighted by Gasteiger charge is 2.39. The molecule has 0 N–H and O–H groups in total. The van der Waals surface area contributed by atoms with E-state index in [2.05, 4.69) is 0 Å². The Morgan fingerprint density at radius 2 is 1.71 bits per heavy atom. The number of esters is 1. The Balaban J connectivity index is 1.47. The average Bonchev–Trinajstić information content (AvgIpc) is 3.24. The Bertz CT molecular complexity index is 786. The van der Waals surface area contributed by atoms with E-state index < -0.39 is 5.60 Å². The van der Waals surface area contributed by atoms with Gasteiger partial charge in [0, 0.05) is 0 Å². The van der Waals surface area contributed by atoms with Gasteiger partial charge in [0.2, 0.25) is 0 Å². The van der Waals surface area contributed by atoms with Crippen LogP contribution in [-0.4, -0.2) is 67.4 Å². The normalized spacial score (nSPS) is 24.9. The van der Waals surface area contributed by atoms with Crippen molar-refractivity contribution in [3.8, 4) is 0 Å². The van der Waals surface area contributed by atoms with Crippen molar-refractivity contribution in [3.05, 3.63) is 35.9 Å². The molecule has 2 fully saturated rings. The predicted molar refractivity (Wildman–Crippen MR) is 131 cm³/mol. The zero-order valence-corrected chi connectivity index (χ0v) is 21.6. The van der Waals surface area contributed by atoms with Gasteiger partial charge in [0.15, 0.2) is 0 Å². The van der Waals surface area contributed by atoms with E-state index in [0.29, 0.717) is 32.8 Å². The highest BCUT2D eigenvalue weighted by Crippen LogP contribution is 2.29. The zero-order valence-electron chi connectivity index (χ0n) is 21.6. The first kappa shape index (κ1) is 27.4. The van der Waals surface area contributed by atoms with Gasteiger partial charge < -0.3 is 28.6 Å². The molecule has 1 amide bonds. The maximum atomic E-state index is 12.9. The first-order valence-electron chi connectivity index (χ1n) is 12.8. The maximum Gasteiger partial charge on any atom is 0.410 e. The summed E-state index contributed by atoms with van der Waals surface area (Å²) in [4.78, 5) is 26.6. The second-order valence-corrected chi connectivity index (χ2v) is 10.3. The van der Waals surface area contributed by atoms with E-state index in [-0.39, 0.29) is 43.0 Å². The largest absolute Gasteiger partial charge is 0.466 e. The SMILES string of the molecule is CCOC(=O)[C@H]1CC[C@H](OC[C@@H]2C[C@@H](OCOCc3ccccc3)CN2C(=O)OC(C)(C)C)CC1. The Morgan fingerprint density at radius 1 is 1.00 bits per heavy atom. The van der Waals surface area contributed by atoms with Gasteiger partial charge in [-0.05, 0) is 65.4 Å². The summed E-state index contributed by atoms with van der Waals surface area (Å²) in [6, 6.07) is 9.80. The molecule has 1 aliphatic heterocycles. The van der Waals surface area contributed by atoms with Crippen molar-refractivity contribution in [1.29, 1.82) is 0 Å². The molecule has 196 valence electrons. The minimum absolute atomic E-state index is 0.0341. The zero-order chi connectivity index (χ0) is 25.3. The average molecular weight is 492 g/mol. The number of carbonyl (C=O) groups excluding carboxylic acids is 2. The fourth-order valence-electron chi connectivity index (χ4n) is 4.55. The van der Waals surface area contributed by atoms with Crippen molar-refractivity contribution in [2.45, 2.75) is 90.3 Å². The van der Waals surface area contributed by atoms with Gasteiger partial charge >= 0.3 is 12.1 Å². The molecule has 8 heteroatoms. The van der Waals surface area contributed by atoms with Gasteiger partial charge in [0.25, 0.3) is 0 Å². The summed E-state index contributed by atoms with van der Waals surface area (Å²) >= 11 is 0. The molecule has 35 heavy (non-hydrogen) atoms. The van der Waals surface area contributed by atoms with Gasteiger partial charge in [-0.15, -0.1) is 0 Å². The number of ether oxygens (including phenoxy) is 5. The number of amides is 1. The quantitative estimate of drug-likeness (QED) is 0.267. The minimum Gasteiger partial charge on any atom is -0.466 e.